The van der Waals surface area contributed by atoms with Crippen LogP contribution in [0.2, 0.25) is 10.0 Å². The Morgan fingerprint density at radius 3 is 2.62 bits per heavy atom. The van der Waals surface area contributed by atoms with Crippen LogP contribution in [0.15, 0.2) is 30.5 Å². The molecular weight excluding hydrogens is 327 g/mol. The molecule has 0 atom stereocenters. The topological polar surface area (TPSA) is 41.9 Å². The van der Waals surface area contributed by atoms with Gasteiger partial charge in [0.2, 0.25) is 0 Å². The largest absolute Gasteiger partial charge is 0.362 e. The monoisotopic (exact) mass is 342 g/mol. The van der Waals surface area contributed by atoms with E-state index in [0.29, 0.717) is 15.2 Å². The SMILES string of the molecule is Cc1nn(CCCNC(=S)Nc2ccc(Cl)cc2)cc1Cl. The van der Waals surface area contributed by atoms with Crippen LogP contribution in [0.5, 0.6) is 0 Å². The van der Waals surface area contributed by atoms with E-state index in [2.05, 4.69) is 15.7 Å². The van der Waals surface area contributed by atoms with Gasteiger partial charge < -0.3 is 10.6 Å². The van der Waals surface area contributed by atoms with Crippen LogP contribution in [0.3, 0.4) is 0 Å². The number of halogens is 2. The van der Waals surface area contributed by atoms with Crippen molar-refractivity contribution in [1.82, 2.24) is 15.1 Å². The molecule has 0 unspecified atom stereocenters. The summed E-state index contributed by atoms with van der Waals surface area (Å²) >= 11 is 17.0. The zero-order valence-corrected chi connectivity index (χ0v) is 13.9. The molecule has 0 aliphatic carbocycles. The summed E-state index contributed by atoms with van der Waals surface area (Å²) in [5.74, 6) is 0. The minimum atomic E-state index is 0.590. The van der Waals surface area contributed by atoms with Crippen LogP contribution in [0.4, 0.5) is 5.69 Å². The first kappa shape index (κ1) is 16.1. The molecule has 2 aromatic rings. The Bertz CT molecular complexity index is 590. The van der Waals surface area contributed by atoms with Gasteiger partial charge in [0, 0.05) is 30.0 Å². The fraction of sp³-hybridized carbons (Fsp3) is 0.286. The average molecular weight is 343 g/mol. The second-order valence-corrected chi connectivity index (χ2v) is 5.82. The lowest BCUT2D eigenvalue weighted by atomic mass is 10.3. The van der Waals surface area contributed by atoms with Crippen molar-refractivity contribution in [3.63, 3.8) is 0 Å². The maximum atomic E-state index is 5.95. The molecule has 0 bridgehead atoms. The minimum absolute atomic E-state index is 0.590. The summed E-state index contributed by atoms with van der Waals surface area (Å²) < 4.78 is 1.84. The van der Waals surface area contributed by atoms with Crippen molar-refractivity contribution in [2.24, 2.45) is 0 Å². The molecule has 2 N–H and O–H groups in total. The maximum absolute atomic E-state index is 5.95. The molecule has 4 nitrogen and oxygen atoms in total. The molecule has 0 aliphatic rings. The Labute approximate surface area is 139 Å². The summed E-state index contributed by atoms with van der Waals surface area (Å²) in [5, 5.41) is 12.5. The minimum Gasteiger partial charge on any atom is -0.362 e. The van der Waals surface area contributed by atoms with Gasteiger partial charge in [0.15, 0.2) is 5.11 Å². The highest BCUT2D eigenvalue weighted by Gasteiger charge is 2.02. The standard InChI is InChI=1S/C14H16Cl2N4S/c1-10-13(16)9-20(19-10)8-2-7-17-14(21)18-12-5-3-11(15)4-6-12/h3-6,9H,2,7-8H2,1H3,(H2,17,18,21). The van der Waals surface area contributed by atoms with Gasteiger partial charge >= 0.3 is 0 Å². The van der Waals surface area contributed by atoms with Crippen LogP contribution in [-0.2, 0) is 6.54 Å². The van der Waals surface area contributed by atoms with Crippen molar-refractivity contribution in [3.05, 3.63) is 46.2 Å². The van der Waals surface area contributed by atoms with Crippen LogP contribution in [0.1, 0.15) is 12.1 Å². The van der Waals surface area contributed by atoms with Gasteiger partial charge in [-0.2, -0.15) is 5.10 Å². The molecule has 0 radical (unpaired) electrons. The fourth-order valence-electron chi connectivity index (χ4n) is 1.76. The van der Waals surface area contributed by atoms with Crippen LogP contribution in [0.25, 0.3) is 0 Å². The zero-order valence-electron chi connectivity index (χ0n) is 11.6. The highest BCUT2D eigenvalue weighted by atomic mass is 35.5. The lowest BCUT2D eigenvalue weighted by molar-refractivity contribution is 0.570. The summed E-state index contributed by atoms with van der Waals surface area (Å²) in [5.41, 5.74) is 1.76. The zero-order chi connectivity index (χ0) is 15.2. The number of aryl methyl sites for hydroxylation is 2. The van der Waals surface area contributed by atoms with Gasteiger partial charge in [0.25, 0.3) is 0 Å². The summed E-state index contributed by atoms with van der Waals surface area (Å²) in [6.45, 7) is 3.45. The first-order chi connectivity index (χ1) is 10.0. The van der Waals surface area contributed by atoms with Crippen molar-refractivity contribution in [2.75, 3.05) is 11.9 Å². The Kier molecular flexibility index (Phi) is 5.85. The van der Waals surface area contributed by atoms with E-state index in [9.17, 15) is 0 Å². The maximum Gasteiger partial charge on any atom is 0.170 e. The van der Waals surface area contributed by atoms with E-state index in [1.165, 1.54) is 0 Å². The van der Waals surface area contributed by atoms with E-state index < -0.39 is 0 Å². The average Bonchev–Trinajstić information content (AvgIpc) is 2.76. The van der Waals surface area contributed by atoms with Crippen molar-refractivity contribution in [2.45, 2.75) is 19.9 Å². The summed E-state index contributed by atoms with van der Waals surface area (Å²) in [7, 11) is 0. The predicted octanol–water partition coefficient (Wildman–Crippen LogP) is 3.88. The highest BCUT2D eigenvalue weighted by molar-refractivity contribution is 7.80. The van der Waals surface area contributed by atoms with E-state index in [1.807, 2.05) is 42.1 Å². The second kappa shape index (κ2) is 7.64. The van der Waals surface area contributed by atoms with Gasteiger partial charge in [-0.3, -0.25) is 4.68 Å². The van der Waals surface area contributed by atoms with E-state index in [1.54, 1.807) is 0 Å². The molecule has 1 aromatic heterocycles. The molecule has 21 heavy (non-hydrogen) atoms. The van der Waals surface area contributed by atoms with Crippen LogP contribution in [0, 0.1) is 6.92 Å². The normalized spacial score (nSPS) is 10.4. The van der Waals surface area contributed by atoms with Crippen LogP contribution in [-0.4, -0.2) is 21.4 Å². The fourth-order valence-corrected chi connectivity index (χ4v) is 2.26. The van der Waals surface area contributed by atoms with Gasteiger partial charge in [-0.15, -0.1) is 0 Å². The smallest absolute Gasteiger partial charge is 0.170 e. The number of nitrogens with one attached hydrogen (secondary N) is 2. The first-order valence-corrected chi connectivity index (χ1v) is 7.71. The quantitative estimate of drug-likeness (QED) is 0.639. The van der Waals surface area contributed by atoms with Gasteiger partial charge in [0.05, 0.1) is 10.7 Å². The number of rotatable bonds is 5. The van der Waals surface area contributed by atoms with Gasteiger partial charge in [-0.1, -0.05) is 23.2 Å². The van der Waals surface area contributed by atoms with E-state index in [-0.39, 0.29) is 0 Å². The molecule has 0 spiro atoms. The number of benzene rings is 1. The van der Waals surface area contributed by atoms with E-state index in [0.717, 1.165) is 30.9 Å². The third-order valence-electron chi connectivity index (χ3n) is 2.84. The molecule has 7 heteroatoms. The van der Waals surface area contributed by atoms with Crippen molar-refractivity contribution < 1.29 is 0 Å². The number of hydrogen-bond acceptors (Lipinski definition) is 2. The molecular formula is C14H16Cl2N4S. The van der Waals surface area contributed by atoms with Crippen molar-refractivity contribution in [1.29, 1.82) is 0 Å². The molecule has 1 aromatic carbocycles. The Morgan fingerprint density at radius 2 is 2.00 bits per heavy atom. The predicted molar refractivity (Wildman–Crippen MR) is 92.3 cm³/mol. The first-order valence-electron chi connectivity index (χ1n) is 6.54. The third kappa shape index (κ3) is 5.19. The Balaban J connectivity index is 1.68. The molecule has 1 heterocycles. The van der Waals surface area contributed by atoms with Crippen LogP contribution >= 0.6 is 35.4 Å². The number of anilines is 1. The number of thiocarbonyl (C=S) groups is 1. The summed E-state index contributed by atoms with van der Waals surface area (Å²) in [4.78, 5) is 0. The lowest BCUT2D eigenvalue weighted by Gasteiger charge is -2.10. The summed E-state index contributed by atoms with van der Waals surface area (Å²) in [6, 6.07) is 7.39. The molecule has 0 saturated heterocycles. The van der Waals surface area contributed by atoms with Crippen molar-refractivity contribution in [3.8, 4) is 0 Å². The third-order valence-corrected chi connectivity index (χ3v) is 3.71. The molecule has 112 valence electrons. The van der Waals surface area contributed by atoms with Gasteiger partial charge in [-0.25, -0.2) is 0 Å². The highest BCUT2D eigenvalue weighted by Crippen LogP contribution is 2.13. The van der Waals surface area contributed by atoms with Crippen molar-refractivity contribution >= 4 is 46.2 Å². The number of hydrogen-bond donors (Lipinski definition) is 2. The number of nitrogens with zero attached hydrogens (tertiary/aromatic N) is 2. The lowest BCUT2D eigenvalue weighted by Crippen LogP contribution is -2.29. The van der Waals surface area contributed by atoms with E-state index >= 15 is 0 Å². The molecule has 2 rings (SSSR count). The Morgan fingerprint density at radius 1 is 1.29 bits per heavy atom. The number of aromatic nitrogens is 2. The second-order valence-electron chi connectivity index (χ2n) is 4.57. The summed E-state index contributed by atoms with van der Waals surface area (Å²) in [6.07, 6.45) is 2.74. The molecule has 0 saturated carbocycles. The van der Waals surface area contributed by atoms with E-state index in [4.69, 9.17) is 35.4 Å². The Hall–Kier alpha value is -1.30. The molecule has 0 aliphatic heterocycles. The van der Waals surface area contributed by atoms with Gasteiger partial charge in [0.1, 0.15) is 0 Å². The molecule has 0 fully saturated rings. The molecule has 0 amide bonds. The van der Waals surface area contributed by atoms with Gasteiger partial charge in [-0.05, 0) is 49.8 Å². The van der Waals surface area contributed by atoms with Crippen LogP contribution < -0.4 is 10.6 Å².